The Kier molecular flexibility index (Phi) is 4.34. The minimum atomic E-state index is 0.199. The van der Waals surface area contributed by atoms with Crippen LogP contribution in [-0.4, -0.2) is 18.3 Å². The minimum absolute atomic E-state index is 0.199. The lowest BCUT2D eigenvalue weighted by Gasteiger charge is -2.18. The number of rotatable bonds is 3. The van der Waals surface area contributed by atoms with Crippen LogP contribution in [0.25, 0.3) is 0 Å². The van der Waals surface area contributed by atoms with Gasteiger partial charge in [0.05, 0.1) is 7.11 Å². The van der Waals surface area contributed by atoms with Gasteiger partial charge in [-0.3, -0.25) is 0 Å². The molecule has 3 heteroatoms. The molecule has 0 radical (unpaired) electrons. The van der Waals surface area contributed by atoms with Gasteiger partial charge in [0.25, 0.3) is 0 Å². The summed E-state index contributed by atoms with van der Waals surface area (Å²) in [5.41, 5.74) is 0.979. The molecule has 0 bridgehead atoms. The Morgan fingerprint density at radius 2 is 2.06 bits per heavy atom. The number of nitrogens with one attached hydrogen (secondary N) is 1. The summed E-state index contributed by atoms with van der Waals surface area (Å²) in [6.45, 7) is 2.33. The van der Waals surface area contributed by atoms with Gasteiger partial charge in [-0.2, -0.15) is 0 Å². The van der Waals surface area contributed by atoms with Crippen LogP contribution < -0.4 is 10.1 Å². The number of ether oxygens (including phenoxy) is 1. The molecule has 0 aliphatic heterocycles. The molecule has 1 fully saturated rings. The lowest BCUT2D eigenvalue weighted by molar-refractivity contribution is 0.373. The van der Waals surface area contributed by atoms with Gasteiger partial charge in [-0.05, 0) is 37.3 Å². The Morgan fingerprint density at radius 1 is 1.22 bits per heavy atom. The molecule has 0 heterocycles. The first-order valence-corrected chi connectivity index (χ1v) is 6.82. The van der Waals surface area contributed by atoms with E-state index in [1.165, 1.54) is 32.1 Å². The zero-order valence-electron chi connectivity index (χ0n) is 11.3. The number of aromatic hydroxyl groups is 1. The second-order valence-corrected chi connectivity index (χ2v) is 5.34. The Hall–Kier alpha value is -1.38. The largest absolute Gasteiger partial charge is 0.504 e. The van der Waals surface area contributed by atoms with Gasteiger partial charge in [0, 0.05) is 17.8 Å². The van der Waals surface area contributed by atoms with Crippen LogP contribution in [0, 0.1) is 5.92 Å². The van der Waals surface area contributed by atoms with E-state index in [0.29, 0.717) is 11.8 Å². The fourth-order valence-electron chi connectivity index (χ4n) is 2.65. The zero-order valence-corrected chi connectivity index (χ0v) is 11.3. The highest BCUT2D eigenvalue weighted by molar-refractivity contribution is 5.54. The van der Waals surface area contributed by atoms with Crippen LogP contribution in [0.2, 0.25) is 0 Å². The summed E-state index contributed by atoms with van der Waals surface area (Å²) in [6, 6.07) is 6.04. The summed E-state index contributed by atoms with van der Waals surface area (Å²) < 4.78 is 5.05. The molecule has 1 aromatic rings. The molecule has 1 aliphatic carbocycles. The summed E-state index contributed by atoms with van der Waals surface area (Å²) in [4.78, 5) is 0. The maximum atomic E-state index is 9.75. The minimum Gasteiger partial charge on any atom is -0.504 e. The van der Waals surface area contributed by atoms with E-state index in [1.54, 1.807) is 19.2 Å². The molecule has 18 heavy (non-hydrogen) atoms. The normalized spacial score (nSPS) is 24.3. The number of phenolic OH excluding ortho intramolecular Hbond substituents is 1. The molecule has 2 unspecified atom stereocenters. The monoisotopic (exact) mass is 249 g/mol. The highest BCUT2D eigenvalue weighted by Gasteiger charge is 2.16. The van der Waals surface area contributed by atoms with Gasteiger partial charge in [0.1, 0.15) is 0 Å². The predicted octanol–water partition coefficient (Wildman–Crippen LogP) is 3.78. The number of methoxy groups -OCH3 is 1. The van der Waals surface area contributed by atoms with Crippen molar-refractivity contribution < 1.29 is 9.84 Å². The van der Waals surface area contributed by atoms with Crippen molar-refractivity contribution in [2.45, 2.75) is 45.1 Å². The summed E-state index contributed by atoms with van der Waals surface area (Å²) in [6.07, 6.45) is 6.36. The van der Waals surface area contributed by atoms with Gasteiger partial charge < -0.3 is 15.2 Å². The van der Waals surface area contributed by atoms with Crippen molar-refractivity contribution in [2.24, 2.45) is 5.92 Å². The van der Waals surface area contributed by atoms with Gasteiger partial charge in [0.15, 0.2) is 11.5 Å². The third-order valence-electron chi connectivity index (χ3n) is 3.81. The van der Waals surface area contributed by atoms with Crippen molar-refractivity contribution >= 4 is 5.69 Å². The molecule has 100 valence electrons. The Morgan fingerprint density at radius 3 is 2.78 bits per heavy atom. The highest BCUT2D eigenvalue weighted by atomic mass is 16.5. The van der Waals surface area contributed by atoms with E-state index >= 15 is 0 Å². The molecule has 0 amide bonds. The van der Waals surface area contributed by atoms with E-state index in [4.69, 9.17) is 4.74 Å². The van der Waals surface area contributed by atoms with Crippen LogP contribution in [0.1, 0.15) is 39.0 Å². The summed E-state index contributed by atoms with van der Waals surface area (Å²) in [7, 11) is 1.56. The third kappa shape index (κ3) is 3.31. The molecule has 0 saturated heterocycles. The maximum absolute atomic E-state index is 9.75. The second kappa shape index (κ2) is 5.98. The first-order valence-electron chi connectivity index (χ1n) is 6.82. The Labute approximate surface area is 109 Å². The van der Waals surface area contributed by atoms with E-state index in [1.807, 2.05) is 6.07 Å². The average molecular weight is 249 g/mol. The number of benzene rings is 1. The predicted molar refractivity (Wildman–Crippen MR) is 74.3 cm³/mol. The van der Waals surface area contributed by atoms with Crippen LogP contribution in [0.4, 0.5) is 5.69 Å². The topological polar surface area (TPSA) is 41.5 Å². The van der Waals surface area contributed by atoms with E-state index in [9.17, 15) is 5.11 Å². The van der Waals surface area contributed by atoms with E-state index in [-0.39, 0.29) is 5.75 Å². The van der Waals surface area contributed by atoms with Crippen molar-refractivity contribution in [3.05, 3.63) is 18.2 Å². The molecule has 2 N–H and O–H groups in total. The van der Waals surface area contributed by atoms with E-state index in [0.717, 1.165) is 11.6 Å². The maximum Gasteiger partial charge on any atom is 0.160 e. The van der Waals surface area contributed by atoms with Crippen molar-refractivity contribution in [2.75, 3.05) is 12.4 Å². The van der Waals surface area contributed by atoms with E-state index in [2.05, 4.69) is 12.2 Å². The molecular weight excluding hydrogens is 226 g/mol. The third-order valence-corrected chi connectivity index (χ3v) is 3.81. The molecule has 0 spiro atoms. The van der Waals surface area contributed by atoms with Gasteiger partial charge in [-0.15, -0.1) is 0 Å². The molecule has 1 aliphatic rings. The zero-order chi connectivity index (χ0) is 13.0. The first-order chi connectivity index (χ1) is 8.69. The van der Waals surface area contributed by atoms with Crippen LogP contribution in [0.5, 0.6) is 11.5 Å². The quantitative estimate of drug-likeness (QED) is 0.801. The molecule has 1 saturated carbocycles. The molecule has 2 rings (SSSR count). The summed E-state index contributed by atoms with van der Waals surface area (Å²) >= 11 is 0. The van der Waals surface area contributed by atoms with Crippen LogP contribution in [0.15, 0.2) is 18.2 Å². The average Bonchev–Trinajstić information content (AvgIpc) is 2.55. The number of hydrogen-bond donors (Lipinski definition) is 2. The SMILES string of the molecule is COc1ccc(NC2CCCC(C)CC2)cc1O. The van der Waals surface area contributed by atoms with Gasteiger partial charge in [0.2, 0.25) is 0 Å². The molecule has 1 aromatic carbocycles. The number of phenols is 1. The second-order valence-electron chi connectivity index (χ2n) is 5.34. The van der Waals surface area contributed by atoms with Gasteiger partial charge in [-0.1, -0.05) is 19.8 Å². The summed E-state index contributed by atoms with van der Waals surface area (Å²) in [5.74, 6) is 1.57. The highest BCUT2D eigenvalue weighted by Crippen LogP contribution is 2.30. The number of anilines is 1. The summed E-state index contributed by atoms with van der Waals surface area (Å²) in [5, 5.41) is 13.3. The smallest absolute Gasteiger partial charge is 0.160 e. The Bertz CT molecular complexity index is 392. The number of hydrogen-bond acceptors (Lipinski definition) is 3. The van der Waals surface area contributed by atoms with Crippen molar-refractivity contribution in [3.8, 4) is 11.5 Å². The fraction of sp³-hybridized carbons (Fsp3) is 0.600. The lowest BCUT2D eigenvalue weighted by atomic mass is 10.0. The van der Waals surface area contributed by atoms with Crippen LogP contribution >= 0.6 is 0 Å². The molecule has 2 atom stereocenters. The van der Waals surface area contributed by atoms with Crippen molar-refractivity contribution in [1.82, 2.24) is 0 Å². The van der Waals surface area contributed by atoms with Crippen molar-refractivity contribution in [1.29, 1.82) is 0 Å². The van der Waals surface area contributed by atoms with Crippen LogP contribution in [0.3, 0.4) is 0 Å². The fourth-order valence-corrected chi connectivity index (χ4v) is 2.65. The lowest BCUT2D eigenvalue weighted by Crippen LogP contribution is -2.18. The van der Waals surface area contributed by atoms with Gasteiger partial charge >= 0.3 is 0 Å². The van der Waals surface area contributed by atoms with Crippen molar-refractivity contribution in [3.63, 3.8) is 0 Å². The van der Waals surface area contributed by atoms with Crippen LogP contribution in [-0.2, 0) is 0 Å². The molecule has 3 nitrogen and oxygen atoms in total. The molecule has 0 aromatic heterocycles. The first kappa shape index (κ1) is 13.1. The van der Waals surface area contributed by atoms with Gasteiger partial charge in [-0.25, -0.2) is 0 Å². The standard InChI is InChI=1S/C15H23NO2/c1-11-4-3-5-12(7-6-11)16-13-8-9-15(18-2)14(17)10-13/h8-12,16-17H,3-7H2,1-2H3. The molecular formula is C15H23NO2. The van der Waals surface area contributed by atoms with E-state index < -0.39 is 0 Å². The Balaban J connectivity index is 1.98.